The van der Waals surface area contributed by atoms with Crippen molar-refractivity contribution in [1.82, 2.24) is 29.1 Å². The largest absolute Gasteiger partial charge is 0.493 e. The van der Waals surface area contributed by atoms with Crippen LogP contribution in [0.1, 0.15) is 12.0 Å². The summed E-state index contributed by atoms with van der Waals surface area (Å²) in [5.41, 5.74) is 5.86. The van der Waals surface area contributed by atoms with Gasteiger partial charge in [0.05, 0.1) is 30.4 Å². The van der Waals surface area contributed by atoms with E-state index in [0.29, 0.717) is 19.0 Å². The molecule has 0 radical (unpaired) electrons. The summed E-state index contributed by atoms with van der Waals surface area (Å²) in [6.07, 6.45) is 9.98. The molecular weight excluding hydrogens is 450 g/mol. The van der Waals surface area contributed by atoms with E-state index in [4.69, 9.17) is 16.3 Å². The third-order valence-electron chi connectivity index (χ3n) is 5.43. The van der Waals surface area contributed by atoms with Crippen molar-refractivity contribution in [1.29, 1.82) is 0 Å². The van der Waals surface area contributed by atoms with Gasteiger partial charge in [-0.15, -0.1) is 11.6 Å². The summed E-state index contributed by atoms with van der Waals surface area (Å²) in [5, 5.41) is 7.62. The lowest BCUT2D eigenvalue weighted by atomic mass is 10.1. The van der Waals surface area contributed by atoms with Crippen LogP contribution in [0.2, 0.25) is 0 Å². The molecule has 8 nitrogen and oxygen atoms in total. The number of alkyl halides is 1. The summed E-state index contributed by atoms with van der Waals surface area (Å²) >= 11 is 5.72. The second kappa shape index (κ2) is 9.93. The van der Waals surface area contributed by atoms with Crippen LogP contribution in [-0.2, 0) is 13.6 Å². The Hall–Kier alpha value is -3.91. The quantitative estimate of drug-likeness (QED) is 0.244. The standard InChI is InChI=1S/C25H24ClN7O/c1-32-16-20(14-31-32)19-5-3-18(4-6-19)13-27-24-12-22(29-17-30-24)23-15-28-25-11-21(7-9-33(23)25)34-10-2-8-26/h3-7,9,11-12,14-17H,2,8,10,13H2,1H3,(H,27,29,30). The van der Waals surface area contributed by atoms with Crippen LogP contribution in [0.3, 0.4) is 0 Å². The Morgan fingerprint density at radius 1 is 1.00 bits per heavy atom. The molecule has 9 heteroatoms. The van der Waals surface area contributed by atoms with Crippen molar-refractivity contribution in [3.05, 3.63) is 79.1 Å². The summed E-state index contributed by atoms with van der Waals surface area (Å²) in [6, 6.07) is 14.2. The minimum atomic E-state index is 0.580. The van der Waals surface area contributed by atoms with Gasteiger partial charge in [0.25, 0.3) is 0 Å². The first-order valence-electron chi connectivity index (χ1n) is 11.0. The monoisotopic (exact) mass is 473 g/mol. The van der Waals surface area contributed by atoms with Crippen LogP contribution in [-0.4, -0.2) is 41.6 Å². The topological polar surface area (TPSA) is 82.2 Å². The molecule has 4 aromatic heterocycles. The van der Waals surface area contributed by atoms with E-state index in [9.17, 15) is 0 Å². The number of fused-ring (bicyclic) bond motifs is 1. The van der Waals surface area contributed by atoms with Gasteiger partial charge in [-0.2, -0.15) is 5.10 Å². The lowest BCUT2D eigenvalue weighted by Crippen LogP contribution is -2.02. The number of benzene rings is 1. The van der Waals surface area contributed by atoms with Crippen molar-refractivity contribution >= 4 is 23.1 Å². The number of nitrogens with zero attached hydrogens (tertiary/aromatic N) is 6. The summed E-state index contributed by atoms with van der Waals surface area (Å²) in [5.74, 6) is 2.10. The normalized spacial score (nSPS) is 11.1. The lowest BCUT2D eigenvalue weighted by Gasteiger charge is -2.08. The number of imidazole rings is 1. The van der Waals surface area contributed by atoms with E-state index >= 15 is 0 Å². The van der Waals surface area contributed by atoms with Crippen LogP contribution in [0.5, 0.6) is 5.75 Å². The average Bonchev–Trinajstić information content (AvgIpc) is 3.49. The third kappa shape index (κ3) is 4.87. The van der Waals surface area contributed by atoms with Crippen molar-refractivity contribution in [3.8, 4) is 28.3 Å². The molecule has 0 unspecified atom stereocenters. The molecule has 0 amide bonds. The maximum atomic E-state index is 5.72. The molecule has 0 saturated heterocycles. The minimum absolute atomic E-state index is 0.580. The fourth-order valence-corrected chi connectivity index (χ4v) is 3.77. The van der Waals surface area contributed by atoms with E-state index in [-0.39, 0.29) is 0 Å². The molecule has 0 bridgehead atoms. The molecule has 0 aliphatic rings. The van der Waals surface area contributed by atoms with Gasteiger partial charge < -0.3 is 10.1 Å². The zero-order valence-electron chi connectivity index (χ0n) is 18.7. The molecule has 1 aromatic carbocycles. The SMILES string of the molecule is Cn1cc(-c2ccc(CNc3cc(-c4cnc5cc(OCCCCl)ccn45)ncn3)cc2)cn1. The van der Waals surface area contributed by atoms with Gasteiger partial charge >= 0.3 is 0 Å². The van der Waals surface area contributed by atoms with E-state index in [1.807, 2.05) is 48.2 Å². The number of halogens is 1. The molecule has 172 valence electrons. The van der Waals surface area contributed by atoms with Crippen molar-refractivity contribution in [3.63, 3.8) is 0 Å². The third-order valence-corrected chi connectivity index (χ3v) is 5.69. The summed E-state index contributed by atoms with van der Waals surface area (Å²) in [7, 11) is 1.92. The number of anilines is 1. The maximum absolute atomic E-state index is 5.72. The molecule has 0 atom stereocenters. The fraction of sp³-hybridized carbons (Fsp3) is 0.200. The van der Waals surface area contributed by atoms with E-state index in [2.05, 4.69) is 49.6 Å². The van der Waals surface area contributed by atoms with Crippen LogP contribution in [0.15, 0.2) is 73.6 Å². The van der Waals surface area contributed by atoms with Crippen LogP contribution < -0.4 is 10.1 Å². The second-order valence-corrected chi connectivity index (χ2v) is 8.24. The highest BCUT2D eigenvalue weighted by Crippen LogP contribution is 2.24. The Morgan fingerprint density at radius 3 is 2.68 bits per heavy atom. The molecular formula is C25H24ClN7O. The number of aromatic nitrogens is 6. The number of nitrogens with one attached hydrogen (secondary N) is 1. The molecule has 34 heavy (non-hydrogen) atoms. The molecule has 4 heterocycles. The summed E-state index contributed by atoms with van der Waals surface area (Å²) in [6.45, 7) is 1.24. The number of pyridine rings is 1. The highest BCUT2D eigenvalue weighted by molar-refractivity contribution is 6.17. The number of hydrogen-bond donors (Lipinski definition) is 1. The number of ether oxygens (including phenoxy) is 1. The van der Waals surface area contributed by atoms with E-state index < -0.39 is 0 Å². The van der Waals surface area contributed by atoms with Gasteiger partial charge in [0.15, 0.2) is 0 Å². The molecule has 0 aliphatic carbocycles. The first-order valence-corrected chi connectivity index (χ1v) is 11.5. The van der Waals surface area contributed by atoms with Gasteiger partial charge in [0, 0.05) is 49.6 Å². The van der Waals surface area contributed by atoms with Crippen LogP contribution in [0, 0.1) is 0 Å². The smallest absolute Gasteiger partial charge is 0.140 e. The highest BCUT2D eigenvalue weighted by Gasteiger charge is 2.10. The number of aryl methyl sites for hydroxylation is 1. The van der Waals surface area contributed by atoms with Crippen molar-refractivity contribution < 1.29 is 4.74 Å². The minimum Gasteiger partial charge on any atom is -0.493 e. The van der Waals surface area contributed by atoms with E-state index in [1.165, 1.54) is 0 Å². The Kier molecular flexibility index (Phi) is 6.40. The fourth-order valence-electron chi connectivity index (χ4n) is 3.66. The molecule has 0 fully saturated rings. The van der Waals surface area contributed by atoms with Gasteiger partial charge in [-0.05, 0) is 23.6 Å². The molecule has 5 rings (SSSR count). The Morgan fingerprint density at radius 2 is 1.88 bits per heavy atom. The predicted octanol–water partition coefficient (Wildman–Crippen LogP) is 4.81. The molecule has 0 aliphatic heterocycles. The first-order chi connectivity index (χ1) is 16.7. The zero-order chi connectivity index (χ0) is 23.3. The second-order valence-electron chi connectivity index (χ2n) is 7.87. The number of rotatable bonds is 9. The lowest BCUT2D eigenvalue weighted by molar-refractivity contribution is 0.318. The van der Waals surface area contributed by atoms with Crippen molar-refractivity contribution in [2.45, 2.75) is 13.0 Å². The molecule has 0 saturated carbocycles. The molecule has 1 N–H and O–H groups in total. The summed E-state index contributed by atoms with van der Waals surface area (Å²) < 4.78 is 9.51. The predicted molar refractivity (Wildman–Crippen MR) is 133 cm³/mol. The van der Waals surface area contributed by atoms with Crippen LogP contribution in [0.4, 0.5) is 5.82 Å². The van der Waals surface area contributed by atoms with Crippen LogP contribution in [0.25, 0.3) is 28.2 Å². The van der Waals surface area contributed by atoms with Crippen molar-refractivity contribution in [2.24, 2.45) is 7.05 Å². The van der Waals surface area contributed by atoms with Crippen molar-refractivity contribution in [2.75, 3.05) is 17.8 Å². The van der Waals surface area contributed by atoms with Gasteiger partial charge in [-0.3, -0.25) is 9.08 Å². The Bertz CT molecular complexity index is 1390. The molecule has 5 aromatic rings. The van der Waals surface area contributed by atoms with Crippen LogP contribution >= 0.6 is 11.6 Å². The van der Waals surface area contributed by atoms with E-state index in [0.717, 1.165) is 51.7 Å². The molecule has 0 spiro atoms. The maximum Gasteiger partial charge on any atom is 0.140 e. The van der Waals surface area contributed by atoms with Gasteiger partial charge in [0.1, 0.15) is 23.5 Å². The Balaban J connectivity index is 1.28. The summed E-state index contributed by atoms with van der Waals surface area (Å²) in [4.78, 5) is 13.3. The Labute approximate surface area is 202 Å². The first kappa shape index (κ1) is 21.9. The average molecular weight is 474 g/mol. The van der Waals surface area contributed by atoms with E-state index in [1.54, 1.807) is 17.2 Å². The van der Waals surface area contributed by atoms with Gasteiger partial charge in [-0.1, -0.05) is 24.3 Å². The van der Waals surface area contributed by atoms with Gasteiger partial charge in [0.2, 0.25) is 0 Å². The highest BCUT2D eigenvalue weighted by atomic mass is 35.5. The zero-order valence-corrected chi connectivity index (χ0v) is 19.5. The number of hydrogen-bond acceptors (Lipinski definition) is 6. The van der Waals surface area contributed by atoms with Gasteiger partial charge in [-0.25, -0.2) is 15.0 Å².